The quantitative estimate of drug-likeness (QED) is 0.405. The molecule has 5 rings (SSSR count). The van der Waals surface area contributed by atoms with Crippen LogP contribution in [0.5, 0.6) is 0 Å². The van der Waals surface area contributed by atoms with E-state index in [0.717, 1.165) is 27.2 Å². The zero-order valence-electron chi connectivity index (χ0n) is 19.1. The number of urea groups is 1. The molecule has 0 aliphatic carbocycles. The van der Waals surface area contributed by atoms with Gasteiger partial charge in [-0.05, 0) is 55.2 Å². The van der Waals surface area contributed by atoms with Crippen LogP contribution in [0.3, 0.4) is 0 Å². The Hall–Kier alpha value is -4.53. The van der Waals surface area contributed by atoms with E-state index in [1.807, 2.05) is 54.6 Å². The van der Waals surface area contributed by atoms with Crippen LogP contribution in [0.4, 0.5) is 4.79 Å². The van der Waals surface area contributed by atoms with Crippen LogP contribution in [0.15, 0.2) is 78.9 Å². The fourth-order valence-electron chi connectivity index (χ4n) is 4.13. The number of nitrogens with zero attached hydrogens (tertiary/aromatic N) is 4. The number of carbonyl (C=O) groups excluding carboxylic acids is 3. The Morgan fingerprint density at radius 1 is 0.943 bits per heavy atom. The highest BCUT2D eigenvalue weighted by molar-refractivity contribution is 6.09. The number of aryl methyl sites for hydroxylation is 1. The van der Waals surface area contributed by atoms with Gasteiger partial charge in [-0.2, -0.15) is 5.01 Å². The number of nitrogens with one attached hydrogen (secondary N) is 2. The van der Waals surface area contributed by atoms with Crippen LogP contribution in [-0.4, -0.2) is 43.4 Å². The van der Waals surface area contributed by atoms with Gasteiger partial charge in [-0.1, -0.05) is 59.8 Å². The monoisotopic (exact) mass is 468 g/mol. The molecule has 2 heterocycles. The summed E-state index contributed by atoms with van der Waals surface area (Å²) in [6.07, 6.45) is 1.04. The second-order valence-electron chi connectivity index (χ2n) is 8.76. The molecule has 0 unspecified atom stereocenters. The molecule has 176 valence electrons. The molecule has 1 aromatic heterocycles. The molecule has 3 aromatic carbocycles. The van der Waals surface area contributed by atoms with Crippen molar-refractivity contribution in [1.29, 1.82) is 0 Å². The van der Waals surface area contributed by atoms with Gasteiger partial charge < -0.3 is 5.32 Å². The third-order valence-corrected chi connectivity index (χ3v) is 6.20. The first-order valence-corrected chi connectivity index (χ1v) is 11.3. The number of carbonyl (C=O) groups is 3. The molecule has 1 fully saturated rings. The van der Waals surface area contributed by atoms with E-state index in [0.29, 0.717) is 24.9 Å². The second kappa shape index (κ2) is 9.02. The largest absolute Gasteiger partial charge is 0.344 e. The Kier molecular flexibility index (Phi) is 5.74. The van der Waals surface area contributed by atoms with E-state index in [4.69, 9.17) is 0 Å². The SMILES string of the molecule is C[C@]1(CCc2ccccc2)NC(=O)N(NC(=O)c2ccc(Cn3nnc4ccccc43)cc2)C1=O. The lowest BCUT2D eigenvalue weighted by molar-refractivity contribution is -0.132. The summed E-state index contributed by atoms with van der Waals surface area (Å²) in [6, 6.07) is 23.7. The molecular formula is C26H24N6O3. The Morgan fingerprint density at radius 3 is 2.43 bits per heavy atom. The van der Waals surface area contributed by atoms with Crippen molar-refractivity contribution in [2.24, 2.45) is 0 Å². The smallest absolute Gasteiger partial charge is 0.322 e. The van der Waals surface area contributed by atoms with Crippen LogP contribution in [0.25, 0.3) is 11.0 Å². The molecule has 1 saturated heterocycles. The molecule has 35 heavy (non-hydrogen) atoms. The van der Waals surface area contributed by atoms with Crippen LogP contribution in [0.2, 0.25) is 0 Å². The number of amides is 4. The number of imide groups is 1. The average Bonchev–Trinajstić information content (AvgIpc) is 3.38. The summed E-state index contributed by atoms with van der Waals surface area (Å²) in [5, 5.41) is 11.8. The van der Waals surface area contributed by atoms with E-state index in [2.05, 4.69) is 21.1 Å². The van der Waals surface area contributed by atoms with Crippen LogP contribution in [0, 0.1) is 0 Å². The number of hydrogen-bond donors (Lipinski definition) is 2. The average molecular weight is 469 g/mol. The van der Waals surface area contributed by atoms with Crippen molar-refractivity contribution in [2.45, 2.75) is 31.8 Å². The Labute approximate surface area is 201 Å². The molecule has 1 aliphatic heterocycles. The molecule has 1 atom stereocenters. The highest BCUT2D eigenvalue weighted by Gasteiger charge is 2.48. The molecule has 0 saturated carbocycles. The summed E-state index contributed by atoms with van der Waals surface area (Å²) in [7, 11) is 0. The van der Waals surface area contributed by atoms with Gasteiger partial charge in [0, 0.05) is 5.56 Å². The van der Waals surface area contributed by atoms with Gasteiger partial charge in [0.05, 0.1) is 12.1 Å². The maximum absolute atomic E-state index is 13.0. The molecule has 0 bridgehead atoms. The first-order chi connectivity index (χ1) is 16.9. The van der Waals surface area contributed by atoms with Gasteiger partial charge >= 0.3 is 6.03 Å². The summed E-state index contributed by atoms with van der Waals surface area (Å²) in [5.74, 6) is -1.03. The molecule has 9 nitrogen and oxygen atoms in total. The van der Waals surface area contributed by atoms with Gasteiger partial charge in [-0.25, -0.2) is 9.48 Å². The van der Waals surface area contributed by atoms with Gasteiger partial charge in [0.25, 0.3) is 11.8 Å². The van der Waals surface area contributed by atoms with Gasteiger partial charge in [-0.15, -0.1) is 5.10 Å². The first kappa shape index (κ1) is 22.3. The molecule has 9 heteroatoms. The number of benzene rings is 3. The van der Waals surface area contributed by atoms with Crippen molar-refractivity contribution in [3.05, 3.63) is 95.6 Å². The molecule has 4 aromatic rings. The van der Waals surface area contributed by atoms with E-state index in [9.17, 15) is 14.4 Å². The summed E-state index contributed by atoms with van der Waals surface area (Å²) >= 11 is 0. The molecule has 4 amide bonds. The maximum Gasteiger partial charge on any atom is 0.344 e. The van der Waals surface area contributed by atoms with E-state index in [1.165, 1.54) is 0 Å². The second-order valence-corrected chi connectivity index (χ2v) is 8.76. The lowest BCUT2D eigenvalue weighted by Crippen LogP contribution is -2.48. The highest BCUT2D eigenvalue weighted by Crippen LogP contribution is 2.22. The highest BCUT2D eigenvalue weighted by atomic mass is 16.2. The normalized spacial score (nSPS) is 17.6. The number of fused-ring (bicyclic) bond motifs is 1. The fourth-order valence-corrected chi connectivity index (χ4v) is 4.13. The van der Waals surface area contributed by atoms with Crippen molar-refractivity contribution in [3.63, 3.8) is 0 Å². The van der Waals surface area contributed by atoms with E-state index >= 15 is 0 Å². The minimum Gasteiger partial charge on any atom is -0.322 e. The lowest BCUT2D eigenvalue weighted by Gasteiger charge is -2.21. The number of hydrogen-bond acceptors (Lipinski definition) is 5. The molecule has 0 radical (unpaired) electrons. The Balaban J connectivity index is 1.22. The maximum atomic E-state index is 13.0. The Bertz CT molecular complexity index is 1400. The number of hydrazine groups is 1. The van der Waals surface area contributed by atoms with Crippen LogP contribution >= 0.6 is 0 Å². The number of para-hydroxylation sites is 1. The fraction of sp³-hybridized carbons (Fsp3) is 0.192. The summed E-state index contributed by atoms with van der Waals surface area (Å²) < 4.78 is 1.79. The summed E-state index contributed by atoms with van der Waals surface area (Å²) in [5.41, 5.74) is 5.41. The minimum atomic E-state index is -1.09. The molecule has 0 spiro atoms. The zero-order valence-corrected chi connectivity index (χ0v) is 19.1. The number of rotatable bonds is 7. The third-order valence-electron chi connectivity index (χ3n) is 6.20. The lowest BCUT2D eigenvalue weighted by atomic mass is 9.93. The van der Waals surface area contributed by atoms with Gasteiger partial charge in [0.1, 0.15) is 11.1 Å². The van der Waals surface area contributed by atoms with Crippen LogP contribution in [-0.2, 0) is 17.8 Å². The van der Waals surface area contributed by atoms with Crippen LogP contribution in [0.1, 0.15) is 34.8 Å². The Morgan fingerprint density at radius 2 is 1.66 bits per heavy atom. The standard InChI is InChI=1S/C26H24N6O3/c1-26(16-15-18-7-3-2-4-8-18)24(34)32(25(35)27-26)29-23(33)20-13-11-19(12-14-20)17-31-22-10-6-5-9-21(22)28-30-31/h2-14H,15-17H2,1H3,(H,27,35)(H,29,33)/t26-/m1/s1. The third kappa shape index (κ3) is 4.48. The number of aromatic nitrogens is 3. The summed E-state index contributed by atoms with van der Waals surface area (Å²) in [6.45, 7) is 2.17. The molecule has 1 aliphatic rings. The summed E-state index contributed by atoms with van der Waals surface area (Å²) in [4.78, 5) is 38.2. The zero-order chi connectivity index (χ0) is 24.4. The van der Waals surface area contributed by atoms with Gasteiger partial charge in [-0.3, -0.25) is 15.0 Å². The minimum absolute atomic E-state index is 0.329. The van der Waals surface area contributed by atoms with Crippen LogP contribution < -0.4 is 10.7 Å². The van der Waals surface area contributed by atoms with E-state index < -0.39 is 23.4 Å². The first-order valence-electron chi connectivity index (χ1n) is 11.3. The van der Waals surface area contributed by atoms with Gasteiger partial charge in [0.15, 0.2) is 0 Å². The van der Waals surface area contributed by atoms with Crippen molar-refractivity contribution >= 4 is 28.9 Å². The topological polar surface area (TPSA) is 109 Å². The van der Waals surface area contributed by atoms with Gasteiger partial charge in [0.2, 0.25) is 0 Å². The van der Waals surface area contributed by atoms with Crippen molar-refractivity contribution in [3.8, 4) is 0 Å². The molecule has 2 N–H and O–H groups in total. The van der Waals surface area contributed by atoms with Crippen molar-refractivity contribution in [1.82, 2.24) is 30.7 Å². The predicted molar refractivity (Wildman–Crippen MR) is 129 cm³/mol. The van der Waals surface area contributed by atoms with E-state index in [1.54, 1.807) is 35.9 Å². The van der Waals surface area contributed by atoms with Crippen molar-refractivity contribution in [2.75, 3.05) is 0 Å². The van der Waals surface area contributed by atoms with Crippen molar-refractivity contribution < 1.29 is 14.4 Å². The predicted octanol–water partition coefficient (Wildman–Crippen LogP) is 3.07. The molecular weight excluding hydrogens is 444 g/mol. The van der Waals surface area contributed by atoms with E-state index in [-0.39, 0.29) is 0 Å².